The zero-order chi connectivity index (χ0) is 11.7. The smallest absolute Gasteiger partial charge is 0.330 e. The lowest BCUT2D eigenvalue weighted by Crippen LogP contribution is -2.25. The van der Waals surface area contributed by atoms with Gasteiger partial charge in [-0.25, -0.2) is 4.79 Å². The van der Waals surface area contributed by atoms with Gasteiger partial charge in [0.05, 0.1) is 6.61 Å². The highest BCUT2D eigenvalue weighted by molar-refractivity contribution is 6.69. The van der Waals surface area contributed by atoms with Crippen LogP contribution >= 0.6 is 0 Å². The van der Waals surface area contributed by atoms with E-state index in [2.05, 4.69) is 26.2 Å². The molecule has 0 spiro atoms. The van der Waals surface area contributed by atoms with Crippen molar-refractivity contribution in [2.45, 2.75) is 38.9 Å². The number of esters is 1. The summed E-state index contributed by atoms with van der Waals surface area (Å²) in [6.45, 7) is 11.2. The second-order valence-corrected chi connectivity index (χ2v) is 8.91. The number of carbonyl (C=O) groups is 1. The number of carbonyl (C=O) groups excluding carboxylic acids is 1. The summed E-state index contributed by atoms with van der Waals surface area (Å²) in [5.74, 6) is -0.339. The van der Waals surface area contributed by atoms with Crippen LogP contribution in [-0.2, 0) is 14.0 Å². The highest BCUT2D eigenvalue weighted by atomic mass is 28.4. The van der Waals surface area contributed by atoms with Crippen molar-refractivity contribution in [2.75, 3.05) is 13.2 Å². The molecule has 0 atom stereocenters. The minimum atomic E-state index is -1.35. The lowest BCUT2D eigenvalue weighted by Gasteiger charge is -2.16. The molecule has 0 aliphatic carbocycles. The van der Waals surface area contributed by atoms with Gasteiger partial charge < -0.3 is 9.16 Å². The highest BCUT2D eigenvalue weighted by Crippen LogP contribution is 2.05. The monoisotopic (exact) mass is 230 g/mol. The number of ether oxygens (including phenoxy) is 1. The molecular weight excluding hydrogens is 208 g/mol. The Kier molecular flexibility index (Phi) is 7.34. The van der Waals surface area contributed by atoms with Gasteiger partial charge in [0.25, 0.3) is 0 Å². The lowest BCUT2D eigenvalue weighted by atomic mass is 10.2. The second kappa shape index (κ2) is 7.65. The molecule has 0 heterocycles. The van der Waals surface area contributed by atoms with Crippen LogP contribution in [-0.4, -0.2) is 27.5 Å². The van der Waals surface area contributed by atoms with E-state index in [1.54, 1.807) is 0 Å². The van der Waals surface area contributed by atoms with Crippen LogP contribution in [0.1, 0.15) is 19.3 Å². The number of hydrogen-bond donors (Lipinski definition) is 0. The summed E-state index contributed by atoms with van der Waals surface area (Å²) < 4.78 is 10.5. The molecule has 0 aliphatic heterocycles. The van der Waals surface area contributed by atoms with Gasteiger partial charge in [-0.1, -0.05) is 6.58 Å². The Morgan fingerprint density at radius 3 is 2.33 bits per heavy atom. The maximum atomic E-state index is 10.7. The number of hydrogen-bond acceptors (Lipinski definition) is 3. The molecule has 0 aromatic rings. The fourth-order valence-corrected chi connectivity index (χ4v) is 1.75. The van der Waals surface area contributed by atoms with Crippen LogP contribution < -0.4 is 0 Å². The molecule has 0 radical (unpaired) electrons. The third-order valence-electron chi connectivity index (χ3n) is 1.73. The third kappa shape index (κ3) is 11.3. The van der Waals surface area contributed by atoms with E-state index in [9.17, 15) is 4.79 Å². The summed E-state index contributed by atoms with van der Waals surface area (Å²) >= 11 is 0. The minimum Gasteiger partial charge on any atom is -0.463 e. The molecule has 0 unspecified atom stereocenters. The molecule has 0 aromatic heterocycles. The van der Waals surface area contributed by atoms with Crippen molar-refractivity contribution >= 4 is 14.3 Å². The fraction of sp³-hybridized carbons (Fsp3) is 0.727. The molecule has 0 N–H and O–H groups in total. The van der Waals surface area contributed by atoms with E-state index in [-0.39, 0.29) is 5.97 Å². The summed E-state index contributed by atoms with van der Waals surface area (Å²) in [7, 11) is -1.35. The largest absolute Gasteiger partial charge is 0.463 e. The standard InChI is InChI=1S/C11H22O3Si/c1-5-11(12)13-9-7-6-8-10-14-15(2,3)4/h5H,1,6-10H2,2-4H3. The molecule has 0 saturated carbocycles. The summed E-state index contributed by atoms with van der Waals surface area (Å²) in [5.41, 5.74) is 0. The van der Waals surface area contributed by atoms with Crippen LogP contribution in [0.5, 0.6) is 0 Å². The summed E-state index contributed by atoms with van der Waals surface area (Å²) in [6.07, 6.45) is 4.16. The van der Waals surface area contributed by atoms with E-state index in [0.29, 0.717) is 6.61 Å². The average Bonchev–Trinajstić information content (AvgIpc) is 2.14. The van der Waals surface area contributed by atoms with Gasteiger partial charge in [0, 0.05) is 12.7 Å². The van der Waals surface area contributed by atoms with Gasteiger partial charge in [0.2, 0.25) is 0 Å². The Bertz CT molecular complexity index is 196. The zero-order valence-electron chi connectivity index (χ0n) is 10.0. The Balaban J connectivity index is 3.19. The second-order valence-electron chi connectivity index (χ2n) is 4.39. The van der Waals surface area contributed by atoms with Crippen molar-refractivity contribution in [3.8, 4) is 0 Å². The molecule has 0 amide bonds. The predicted molar refractivity (Wildman–Crippen MR) is 64.3 cm³/mol. The van der Waals surface area contributed by atoms with E-state index < -0.39 is 8.32 Å². The van der Waals surface area contributed by atoms with Crippen molar-refractivity contribution in [3.63, 3.8) is 0 Å². The molecule has 0 aromatic carbocycles. The van der Waals surface area contributed by atoms with E-state index in [1.165, 1.54) is 6.08 Å². The molecule has 3 nitrogen and oxygen atoms in total. The summed E-state index contributed by atoms with van der Waals surface area (Å²) in [5, 5.41) is 0. The highest BCUT2D eigenvalue weighted by Gasteiger charge is 2.12. The Morgan fingerprint density at radius 1 is 1.20 bits per heavy atom. The zero-order valence-corrected chi connectivity index (χ0v) is 11.0. The Hall–Kier alpha value is -0.613. The van der Waals surface area contributed by atoms with Crippen LogP contribution in [0, 0.1) is 0 Å². The maximum absolute atomic E-state index is 10.7. The maximum Gasteiger partial charge on any atom is 0.330 e. The first-order chi connectivity index (χ1) is 6.95. The Labute approximate surface area is 93.6 Å². The molecule has 88 valence electrons. The molecule has 0 aliphatic rings. The molecule has 0 saturated heterocycles. The van der Waals surface area contributed by atoms with Crippen molar-refractivity contribution in [1.82, 2.24) is 0 Å². The van der Waals surface area contributed by atoms with E-state index in [0.717, 1.165) is 25.9 Å². The topological polar surface area (TPSA) is 35.5 Å². The third-order valence-corrected chi connectivity index (χ3v) is 2.80. The SMILES string of the molecule is C=CC(=O)OCCCCCO[Si](C)(C)C. The molecule has 0 fully saturated rings. The van der Waals surface area contributed by atoms with E-state index >= 15 is 0 Å². The molecule has 4 heteroatoms. The van der Waals surface area contributed by atoms with Crippen LogP contribution in [0.3, 0.4) is 0 Å². The van der Waals surface area contributed by atoms with Crippen molar-refractivity contribution in [3.05, 3.63) is 12.7 Å². The van der Waals surface area contributed by atoms with Gasteiger partial charge in [-0.05, 0) is 38.9 Å². The van der Waals surface area contributed by atoms with Gasteiger partial charge in [-0.3, -0.25) is 0 Å². The van der Waals surface area contributed by atoms with Crippen LogP contribution in [0.4, 0.5) is 0 Å². The quantitative estimate of drug-likeness (QED) is 0.278. The number of unbranched alkanes of at least 4 members (excludes halogenated alkanes) is 2. The number of rotatable bonds is 8. The first-order valence-corrected chi connectivity index (χ1v) is 8.79. The lowest BCUT2D eigenvalue weighted by molar-refractivity contribution is -0.137. The first-order valence-electron chi connectivity index (χ1n) is 5.39. The van der Waals surface area contributed by atoms with Crippen LogP contribution in [0.15, 0.2) is 12.7 Å². The normalized spacial score (nSPS) is 11.1. The van der Waals surface area contributed by atoms with Gasteiger partial charge in [0.1, 0.15) is 0 Å². The van der Waals surface area contributed by atoms with Gasteiger partial charge in [0.15, 0.2) is 8.32 Å². The predicted octanol–water partition coefficient (Wildman–Crippen LogP) is 2.74. The van der Waals surface area contributed by atoms with Gasteiger partial charge in [-0.15, -0.1) is 0 Å². The van der Waals surface area contributed by atoms with Crippen molar-refractivity contribution in [1.29, 1.82) is 0 Å². The van der Waals surface area contributed by atoms with E-state index in [1.807, 2.05) is 0 Å². The average molecular weight is 230 g/mol. The molecular formula is C11H22O3Si. The van der Waals surface area contributed by atoms with Crippen LogP contribution in [0.2, 0.25) is 19.6 Å². The molecule has 15 heavy (non-hydrogen) atoms. The fourth-order valence-electron chi connectivity index (χ4n) is 0.991. The van der Waals surface area contributed by atoms with Gasteiger partial charge in [-0.2, -0.15) is 0 Å². The van der Waals surface area contributed by atoms with Gasteiger partial charge >= 0.3 is 5.97 Å². The van der Waals surface area contributed by atoms with Crippen molar-refractivity contribution < 1.29 is 14.0 Å². The summed E-state index contributed by atoms with van der Waals surface area (Å²) in [4.78, 5) is 10.7. The van der Waals surface area contributed by atoms with Crippen molar-refractivity contribution in [2.24, 2.45) is 0 Å². The molecule has 0 rings (SSSR count). The van der Waals surface area contributed by atoms with E-state index in [4.69, 9.17) is 9.16 Å². The Morgan fingerprint density at radius 2 is 1.80 bits per heavy atom. The first kappa shape index (κ1) is 14.4. The minimum absolute atomic E-state index is 0.339. The van der Waals surface area contributed by atoms with Crippen LogP contribution in [0.25, 0.3) is 0 Å². The summed E-state index contributed by atoms with van der Waals surface area (Å²) in [6, 6.07) is 0. The molecule has 0 bridgehead atoms.